The minimum atomic E-state index is 0. The van der Waals surface area contributed by atoms with E-state index >= 15 is 0 Å². The normalized spacial score (nSPS) is 15.0. The summed E-state index contributed by atoms with van der Waals surface area (Å²) in [4.78, 5) is 9.58. The van der Waals surface area contributed by atoms with Crippen molar-refractivity contribution in [1.82, 2.24) is 9.97 Å². The molecule has 1 aromatic carbocycles. The van der Waals surface area contributed by atoms with Gasteiger partial charge in [-0.05, 0) is 37.5 Å². The lowest BCUT2D eigenvalue weighted by molar-refractivity contribution is 0.0846. The van der Waals surface area contributed by atoms with E-state index in [4.69, 9.17) is 15.5 Å². The minimum Gasteiger partial charge on any atom is -0.384 e. The Kier molecular flexibility index (Phi) is 5.74. The molecule has 0 spiro atoms. The molecule has 1 aliphatic heterocycles. The van der Waals surface area contributed by atoms with Crippen molar-refractivity contribution in [2.75, 3.05) is 18.9 Å². The van der Waals surface area contributed by atoms with E-state index in [1.165, 1.54) is 5.69 Å². The quantitative estimate of drug-likeness (QED) is 0.723. The first-order valence-electron chi connectivity index (χ1n) is 8.99. The van der Waals surface area contributed by atoms with Gasteiger partial charge in [-0.25, -0.2) is 4.98 Å². The molecule has 0 radical (unpaired) electrons. The first-order valence-corrected chi connectivity index (χ1v) is 8.99. The maximum absolute atomic E-state index is 5.88. The zero-order valence-electron chi connectivity index (χ0n) is 14.9. The number of para-hydroxylation sites is 1. The molecular formula is C21H24ClN3O. The summed E-state index contributed by atoms with van der Waals surface area (Å²) >= 11 is 0. The van der Waals surface area contributed by atoms with Crippen LogP contribution in [-0.4, -0.2) is 23.2 Å². The van der Waals surface area contributed by atoms with Crippen LogP contribution in [0.5, 0.6) is 0 Å². The highest BCUT2D eigenvalue weighted by Gasteiger charge is 2.18. The standard InChI is InChI=1S/C21H23N3O.ClH/c1-2-18-16(7-9-20(22)23-18)17-5-3-4-15-6-8-19(24-21(15)17)14-10-12-25-13-11-14;/h3-9,14H,2,10-13H2,1H3,(H2,22,23);1H. The number of halogens is 1. The molecule has 4 nitrogen and oxygen atoms in total. The van der Waals surface area contributed by atoms with E-state index in [0.717, 1.165) is 60.2 Å². The highest BCUT2D eigenvalue weighted by Crippen LogP contribution is 2.33. The summed E-state index contributed by atoms with van der Waals surface area (Å²) in [5.41, 5.74) is 11.4. The number of hydrogen-bond acceptors (Lipinski definition) is 4. The molecule has 136 valence electrons. The summed E-state index contributed by atoms with van der Waals surface area (Å²) in [6.07, 6.45) is 2.94. The average Bonchev–Trinajstić information content (AvgIpc) is 2.68. The lowest BCUT2D eigenvalue weighted by Crippen LogP contribution is -2.15. The summed E-state index contributed by atoms with van der Waals surface area (Å²) in [5, 5.41) is 1.16. The van der Waals surface area contributed by atoms with Crippen LogP contribution in [0.1, 0.15) is 37.1 Å². The zero-order valence-corrected chi connectivity index (χ0v) is 15.8. The van der Waals surface area contributed by atoms with E-state index in [2.05, 4.69) is 48.3 Å². The average molecular weight is 370 g/mol. The van der Waals surface area contributed by atoms with Crippen LogP contribution in [0.2, 0.25) is 0 Å². The second kappa shape index (κ2) is 8.02. The van der Waals surface area contributed by atoms with Crippen molar-refractivity contribution in [1.29, 1.82) is 0 Å². The fourth-order valence-corrected chi connectivity index (χ4v) is 3.63. The Bertz CT molecular complexity index is 907. The second-order valence-electron chi connectivity index (χ2n) is 6.58. The van der Waals surface area contributed by atoms with E-state index in [0.29, 0.717) is 11.7 Å². The number of nitrogens with two attached hydrogens (primary N) is 1. The van der Waals surface area contributed by atoms with Crippen LogP contribution in [0.3, 0.4) is 0 Å². The number of aryl methyl sites for hydroxylation is 1. The van der Waals surface area contributed by atoms with Gasteiger partial charge in [-0.2, -0.15) is 0 Å². The third-order valence-electron chi connectivity index (χ3n) is 5.00. The summed E-state index contributed by atoms with van der Waals surface area (Å²) in [5.74, 6) is 1.05. The zero-order chi connectivity index (χ0) is 17.2. The number of benzene rings is 1. The van der Waals surface area contributed by atoms with Gasteiger partial charge in [0.1, 0.15) is 5.82 Å². The van der Waals surface area contributed by atoms with Crippen LogP contribution in [-0.2, 0) is 11.2 Å². The molecule has 0 bridgehead atoms. The van der Waals surface area contributed by atoms with Crippen LogP contribution in [0.4, 0.5) is 5.82 Å². The molecule has 3 aromatic rings. The highest BCUT2D eigenvalue weighted by molar-refractivity contribution is 5.94. The van der Waals surface area contributed by atoms with E-state index in [1.807, 2.05) is 6.07 Å². The number of nitrogen functional groups attached to an aromatic ring is 1. The summed E-state index contributed by atoms with van der Waals surface area (Å²) < 4.78 is 5.50. The Balaban J connectivity index is 0.00000196. The number of rotatable bonds is 3. The molecule has 0 atom stereocenters. The Morgan fingerprint density at radius 2 is 1.81 bits per heavy atom. The lowest BCUT2D eigenvalue weighted by Gasteiger charge is -2.22. The largest absolute Gasteiger partial charge is 0.384 e. The molecule has 3 heterocycles. The Labute approximate surface area is 160 Å². The second-order valence-corrected chi connectivity index (χ2v) is 6.58. The summed E-state index contributed by atoms with van der Waals surface area (Å²) in [6, 6.07) is 14.6. The van der Waals surface area contributed by atoms with Crippen LogP contribution in [0.25, 0.3) is 22.0 Å². The monoisotopic (exact) mass is 369 g/mol. The minimum absolute atomic E-state index is 0. The molecule has 1 aliphatic rings. The highest BCUT2D eigenvalue weighted by atomic mass is 35.5. The summed E-state index contributed by atoms with van der Waals surface area (Å²) in [6.45, 7) is 3.76. The third-order valence-corrected chi connectivity index (χ3v) is 5.00. The predicted molar refractivity (Wildman–Crippen MR) is 109 cm³/mol. The van der Waals surface area contributed by atoms with Crippen molar-refractivity contribution in [3.05, 3.63) is 53.9 Å². The van der Waals surface area contributed by atoms with Gasteiger partial charge in [-0.15, -0.1) is 12.4 Å². The Hall–Kier alpha value is -2.17. The van der Waals surface area contributed by atoms with Gasteiger partial charge in [-0.3, -0.25) is 4.98 Å². The molecule has 26 heavy (non-hydrogen) atoms. The lowest BCUT2D eigenvalue weighted by atomic mass is 9.94. The SMILES string of the molecule is CCc1nc(N)ccc1-c1cccc2ccc(C3CCOCC3)nc12.Cl. The molecule has 5 heteroatoms. The molecule has 0 unspecified atom stereocenters. The molecule has 0 saturated carbocycles. The third kappa shape index (κ3) is 3.53. The topological polar surface area (TPSA) is 61.0 Å². The molecule has 4 rings (SSSR count). The van der Waals surface area contributed by atoms with Crippen molar-refractivity contribution in [2.45, 2.75) is 32.1 Å². The maximum atomic E-state index is 5.88. The molecule has 1 saturated heterocycles. The Morgan fingerprint density at radius 3 is 2.58 bits per heavy atom. The molecule has 2 N–H and O–H groups in total. The van der Waals surface area contributed by atoms with E-state index in [-0.39, 0.29) is 12.4 Å². The molecule has 1 fully saturated rings. The van der Waals surface area contributed by atoms with Crippen LogP contribution >= 0.6 is 12.4 Å². The fourth-order valence-electron chi connectivity index (χ4n) is 3.63. The smallest absolute Gasteiger partial charge is 0.123 e. The number of ether oxygens (including phenoxy) is 1. The maximum Gasteiger partial charge on any atom is 0.123 e. The summed E-state index contributed by atoms with van der Waals surface area (Å²) in [7, 11) is 0. The van der Waals surface area contributed by atoms with Crippen LogP contribution in [0, 0.1) is 0 Å². The van der Waals surface area contributed by atoms with E-state index < -0.39 is 0 Å². The molecule has 0 aliphatic carbocycles. The van der Waals surface area contributed by atoms with Gasteiger partial charge in [0.15, 0.2) is 0 Å². The number of pyridine rings is 2. The van der Waals surface area contributed by atoms with Gasteiger partial charge in [0.2, 0.25) is 0 Å². The van der Waals surface area contributed by atoms with Gasteiger partial charge in [0.25, 0.3) is 0 Å². The fraction of sp³-hybridized carbons (Fsp3) is 0.333. The predicted octanol–water partition coefficient (Wildman–Crippen LogP) is 4.76. The van der Waals surface area contributed by atoms with Crippen molar-refractivity contribution in [2.24, 2.45) is 0 Å². The van der Waals surface area contributed by atoms with Crippen molar-refractivity contribution < 1.29 is 4.74 Å². The van der Waals surface area contributed by atoms with Crippen molar-refractivity contribution >= 4 is 29.1 Å². The van der Waals surface area contributed by atoms with Gasteiger partial charge >= 0.3 is 0 Å². The number of aromatic nitrogens is 2. The van der Waals surface area contributed by atoms with Gasteiger partial charge in [-0.1, -0.05) is 31.2 Å². The van der Waals surface area contributed by atoms with Gasteiger partial charge < -0.3 is 10.5 Å². The van der Waals surface area contributed by atoms with Gasteiger partial charge in [0.05, 0.1) is 11.2 Å². The molecule has 2 aromatic heterocycles. The number of fused-ring (bicyclic) bond motifs is 1. The molecule has 0 amide bonds. The molecular weight excluding hydrogens is 346 g/mol. The Morgan fingerprint density at radius 1 is 1.00 bits per heavy atom. The number of anilines is 1. The van der Waals surface area contributed by atoms with Crippen LogP contribution < -0.4 is 5.73 Å². The van der Waals surface area contributed by atoms with Crippen molar-refractivity contribution in [3.63, 3.8) is 0 Å². The first kappa shape index (κ1) is 18.6. The number of nitrogens with zero attached hydrogens (tertiary/aromatic N) is 2. The van der Waals surface area contributed by atoms with Crippen molar-refractivity contribution in [3.8, 4) is 11.1 Å². The van der Waals surface area contributed by atoms with E-state index in [1.54, 1.807) is 0 Å². The first-order chi connectivity index (χ1) is 12.3. The number of hydrogen-bond donors (Lipinski definition) is 1. The van der Waals surface area contributed by atoms with Crippen LogP contribution in [0.15, 0.2) is 42.5 Å². The van der Waals surface area contributed by atoms with Gasteiger partial charge in [0, 0.05) is 41.3 Å². The van der Waals surface area contributed by atoms with E-state index in [9.17, 15) is 0 Å².